The third-order valence-corrected chi connectivity index (χ3v) is 3.78. The molecule has 2 heterocycles. The van der Waals surface area contributed by atoms with Crippen LogP contribution in [-0.4, -0.2) is 27.4 Å². The maximum Gasteiger partial charge on any atom is 0.359 e. The number of aromatic nitrogens is 2. The number of aryl methyl sites for hydroxylation is 1. The number of nitriles is 1. The number of para-hydroxylation sites is 1. The number of hydrogen-bond acceptors (Lipinski definition) is 5. The van der Waals surface area contributed by atoms with E-state index in [1.165, 1.54) is 6.92 Å². The van der Waals surface area contributed by atoms with Gasteiger partial charge in [0.15, 0.2) is 11.8 Å². The zero-order valence-electron chi connectivity index (χ0n) is 14.3. The molecular weight excluding hydrogens is 332 g/mol. The fraction of sp³-hybridized carbons (Fsp3) is 0.158. The van der Waals surface area contributed by atoms with Crippen molar-refractivity contribution in [2.75, 3.05) is 5.32 Å². The third kappa shape index (κ3) is 3.54. The van der Waals surface area contributed by atoms with Crippen LogP contribution < -0.4 is 5.32 Å². The van der Waals surface area contributed by atoms with E-state index in [1.54, 1.807) is 41.1 Å². The second-order valence-corrected chi connectivity index (χ2v) is 5.79. The SMILES string of the molecule is Cc1ccn2cc(C(=O)OC(C)C(=O)Nc3ccccc3C#N)nc2c1. The number of benzene rings is 1. The molecular formula is C19H16N4O3. The quantitative estimate of drug-likeness (QED) is 0.731. The number of nitrogens with one attached hydrogen (secondary N) is 1. The van der Waals surface area contributed by atoms with Gasteiger partial charge < -0.3 is 14.5 Å². The molecule has 2 aromatic heterocycles. The molecule has 0 aliphatic carbocycles. The number of hydrogen-bond donors (Lipinski definition) is 1. The Kier molecular flexibility index (Phi) is 4.67. The highest BCUT2D eigenvalue weighted by Crippen LogP contribution is 2.15. The molecule has 0 saturated carbocycles. The second kappa shape index (κ2) is 7.07. The Balaban J connectivity index is 1.69. The van der Waals surface area contributed by atoms with E-state index >= 15 is 0 Å². The van der Waals surface area contributed by atoms with Gasteiger partial charge in [0.25, 0.3) is 5.91 Å². The highest BCUT2D eigenvalue weighted by atomic mass is 16.5. The summed E-state index contributed by atoms with van der Waals surface area (Å²) in [5, 5.41) is 11.6. The molecule has 3 aromatic rings. The third-order valence-electron chi connectivity index (χ3n) is 3.78. The topological polar surface area (TPSA) is 96.5 Å². The van der Waals surface area contributed by atoms with Gasteiger partial charge >= 0.3 is 5.97 Å². The largest absolute Gasteiger partial charge is 0.448 e. The average molecular weight is 348 g/mol. The van der Waals surface area contributed by atoms with Crippen LogP contribution in [0.2, 0.25) is 0 Å². The van der Waals surface area contributed by atoms with Crippen LogP contribution in [0.25, 0.3) is 5.65 Å². The molecule has 1 unspecified atom stereocenters. The normalized spacial score (nSPS) is 11.6. The molecule has 1 N–H and O–H groups in total. The van der Waals surface area contributed by atoms with Crippen LogP contribution >= 0.6 is 0 Å². The molecule has 0 aliphatic rings. The maximum absolute atomic E-state index is 12.3. The number of fused-ring (bicyclic) bond motifs is 1. The van der Waals surface area contributed by atoms with Crippen molar-refractivity contribution in [3.63, 3.8) is 0 Å². The molecule has 0 fully saturated rings. The second-order valence-electron chi connectivity index (χ2n) is 5.79. The smallest absolute Gasteiger partial charge is 0.359 e. The minimum atomic E-state index is -1.04. The van der Waals surface area contributed by atoms with E-state index in [0.29, 0.717) is 16.9 Å². The first-order chi connectivity index (χ1) is 12.5. The van der Waals surface area contributed by atoms with Gasteiger partial charge in [-0.2, -0.15) is 5.26 Å². The van der Waals surface area contributed by atoms with E-state index in [4.69, 9.17) is 10.00 Å². The van der Waals surface area contributed by atoms with Crippen molar-refractivity contribution in [3.05, 3.63) is 65.6 Å². The Labute approximate surface area is 149 Å². The Morgan fingerprint density at radius 2 is 2.08 bits per heavy atom. The van der Waals surface area contributed by atoms with Crippen molar-refractivity contribution < 1.29 is 14.3 Å². The van der Waals surface area contributed by atoms with Gasteiger partial charge in [0.2, 0.25) is 0 Å². The number of amides is 1. The molecule has 26 heavy (non-hydrogen) atoms. The Morgan fingerprint density at radius 1 is 1.31 bits per heavy atom. The summed E-state index contributed by atoms with van der Waals surface area (Å²) >= 11 is 0. The molecule has 0 spiro atoms. The van der Waals surface area contributed by atoms with Gasteiger partial charge in [0.1, 0.15) is 11.7 Å². The van der Waals surface area contributed by atoms with Crippen LogP contribution in [0, 0.1) is 18.3 Å². The van der Waals surface area contributed by atoms with E-state index in [2.05, 4.69) is 10.3 Å². The van der Waals surface area contributed by atoms with Gasteiger partial charge in [-0.15, -0.1) is 0 Å². The average Bonchev–Trinajstić information content (AvgIpc) is 3.05. The Morgan fingerprint density at radius 3 is 2.85 bits per heavy atom. The summed E-state index contributed by atoms with van der Waals surface area (Å²) in [6.07, 6.45) is 2.30. The summed E-state index contributed by atoms with van der Waals surface area (Å²) in [5.74, 6) is -1.22. The number of esters is 1. The summed E-state index contributed by atoms with van der Waals surface area (Å²) in [6.45, 7) is 3.39. The van der Waals surface area contributed by atoms with E-state index in [9.17, 15) is 9.59 Å². The molecule has 0 bridgehead atoms. The van der Waals surface area contributed by atoms with Crippen molar-refractivity contribution in [2.45, 2.75) is 20.0 Å². The fourth-order valence-electron chi connectivity index (χ4n) is 2.38. The van der Waals surface area contributed by atoms with Gasteiger partial charge in [-0.25, -0.2) is 9.78 Å². The van der Waals surface area contributed by atoms with E-state index in [-0.39, 0.29) is 5.69 Å². The minimum Gasteiger partial charge on any atom is -0.448 e. The molecule has 130 valence electrons. The first-order valence-electron chi connectivity index (χ1n) is 7.94. The zero-order chi connectivity index (χ0) is 18.7. The van der Waals surface area contributed by atoms with Crippen LogP contribution in [0.1, 0.15) is 28.5 Å². The van der Waals surface area contributed by atoms with Crippen LogP contribution in [-0.2, 0) is 9.53 Å². The number of rotatable bonds is 4. The number of ether oxygens (including phenoxy) is 1. The molecule has 7 heteroatoms. The maximum atomic E-state index is 12.3. The summed E-state index contributed by atoms with van der Waals surface area (Å²) in [6, 6.07) is 12.3. The molecule has 1 amide bonds. The predicted molar refractivity (Wildman–Crippen MR) is 94.6 cm³/mol. The van der Waals surface area contributed by atoms with Crippen molar-refractivity contribution in [2.24, 2.45) is 0 Å². The molecule has 0 saturated heterocycles. The van der Waals surface area contributed by atoms with Gasteiger partial charge in [-0.3, -0.25) is 4.79 Å². The van der Waals surface area contributed by atoms with Crippen molar-refractivity contribution >= 4 is 23.2 Å². The molecule has 1 atom stereocenters. The standard InChI is InChI=1S/C19H16N4O3/c1-12-7-8-23-11-16(21-17(23)9-12)19(25)26-13(2)18(24)22-15-6-4-3-5-14(15)10-20/h3-9,11,13H,1-2H3,(H,22,24). The van der Waals surface area contributed by atoms with E-state index < -0.39 is 18.0 Å². The van der Waals surface area contributed by atoms with Gasteiger partial charge in [-0.1, -0.05) is 12.1 Å². The van der Waals surface area contributed by atoms with Crippen molar-refractivity contribution in [3.8, 4) is 6.07 Å². The summed E-state index contributed by atoms with van der Waals surface area (Å²) in [5.41, 5.74) is 2.46. The molecule has 0 radical (unpaired) electrons. The predicted octanol–water partition coefficient (Wildman–Crippen LogP) is 2.70. The fourth-order valence-corrected chi connectivity index (χ4v) is 2.38. The molecule has 3 rings (SSSR count). The summed E-state index contributed by atoms with van der Waals surface area (Å²) < 4.78 is 6.90. The highest BCUT2D eigenvalue weighted by Gasteiger charge is 2.21. The van der Waals surface area contributed by atoms with Crippen LogP contribution in [0.5, 0.6) is 0 Å². The number of imidazole rings is 1. The first kappa shape index (κ1) is 17.2. The number of pyridine rings is 1. The lowest BCUT2D eigenvalue weighted by Crippen LogP contribution is -2.30. The minimum absolute atomic E-state index is 0.118. The van der Waals surface area contributed by atoms with Crippen molar-refractivity contribution in [1.82, 2.24) is 9.38 Å². The number of nitrogens with zero attached hydrogens (tertiary/aromatic N) is 3. The molecule has 1 aromatic carbocycles. The van der Waals surface area contributed by atoms with Crippen LogP contribution in [0.15, 0.2) is 48.8 Å². The van der Waals surface area contributed by atoms with E-state index in [1.807, 2.05) is 25.1 Å². The molecule has 0 aliphatic heterocycles. The summed E-state index contributed by atoms with van der Waals surface area (Å²) in [4.78, 5) is 28.7. The van der Waals surface area contributed by atoms with Gasteiger partial charge in [0.05, 0.1) is 11.3 Å². The van der Waals surface area contributed by atoms with Crippen LogP contribution in [0.3, 0.4) is 0 Å². The highest BCUT2D eigenvalue weighted by molar-refractivity contribution is 5.97. The monoisotopic (exact) mass is 348 g/mol. The Bertz CT molecular complexity index is 1030. The van der Waals surface area contributed by atoms with E-state index in [0.717, 1.165) is 5.56 Å². The van der Waals surface area contributed by atoms with Gasteiger partial charge in [-0.05, 0) is 43.7 Å². The first-order valence-corrected chi connectivity index (χ1v) is 7.94. The lowest BCUT2D eigenvalue weighted by atomic mass is 10.2. The van der Waals surface area contributed by atoms with Crippen molar-refractivity contribution in [1.29, 1.82) is 5.26 Å². The number of carbonyl (C=O) groups excluding carboxylic acids is 2. The number of carbonyl (C=O) groups is 2. The Hall–Kier alpha value is -3.66. The zero-order valence-corrected chi connectivity index (χ0v) is 14.3. The van der Waals surface area contributed by atoms with Crippen LogP contribution in [0.4, 0.5) is 5.69 Å². The number of anilines is 1. The molecule has 7 nitrogen and oxygen atoms in total. The summed E-state index contributed by atoms with van der Waals surface area (Å²) in [7, 11) is 0. The lowest BCUT2D eigenvalue weighted by Gasteiger charge is -2.13. The van der Waals surface area contributed by atoms with Gasteiger partial charge in [0, 0.05) is 12.4 Å². The lowest BCUT2D eigenvalue weighted by molar-refractivity contribution is -0.123.